The third kappa shape index (κ3) is 10.0. The van der Waals surface area contributed by atoms with Crippen molar-refractivity contribution < 1.29 is 45.0 Å². The molecule has 0 atom stereocenters. The summed E-state index contributed by atoms with van der Waals surface area (Å²) in [6, 6.07) is 3.42. The van der Waals surface area contributed by atoms with Crippen LogP contribution in [0.5, 0.6) is 17.2 Å². The number of phenolic OH excluding ortho intramolecular Hbond substituents is 3. The molecule has 0 spiro atoms. The quantitative estimate of drug-likeness (QED) is 0.426. The summed E-state index contributed by atoms with van der Waals surface area (Å²) in [6.07, 6.45) is 5.81. The number of carbonyl (C=O) groups is 3. The van der Waals surface area contributed by atoms with Crippen LogP contribution in [-0.4, -0.2) is 49.0 Å². The van der Waals surface area contributed by atoms with Gasteiger partial charge in [0.25, 0.3) is 6.47 Å². The maximum Gasteiger partial charge on any atom is 0.306 e. The second kappa shape index (κ2) is 12.4. The monoisotopic (exact) mass is 372 g/mol. The molecule has 0 aromatic heterocycles. The predicted molar refractivity (Wildman–Crippen MR) is 90.1 cm³/mol. The molecular formula is C17H24O9. The predicted octanol–water partition coefficient (Wildman–Crippen LogP) is 2.25. The van der Waals surface area contributed by atoms with Gasteiger partial charge in [0.05, 0.1) is 11.8 Å². The zero-order chi connectivity index (χ0) is 20.1. The fourth-order valence-corrected chi connectivity index (χ4v) is 1.89. The van der Waals surface area contributed by atoms with Gasteiger partial charge in [-0.1, -0.05) is 12.8 Å². The lowest BCUT2D eigenvalue weighted by atomic mass is 9.86. The number of hydrogen-bond acceptors (Lipinski definition) is 6. The highest BCUT2D eigenvalue weighted by Crippen LogP contribution is 2.26. The highest BCUT2D eigenvalue weighted by atomic mass is 16.4. The van der Waals surface area contributed by atoms with E-state index in [0.29, 0.717) is 0 Å². The van der Waals surface area contributed by atoms with E-state index in [1.165, 1.54) is 0 Å². The first kappa shape index (κ1) is 23.0. The van der Waals surface area contributed by atoms with Crippen molar-refractivity contribution in [2.75, 3.05) is 0 Å². The van der Waals surface area contributed by atoms with Crippen LogP contribution < -0.4 is 0 Å². The molecule has 9 nitrogen and oxygen atoms in total. The third-order valence-electron chi connectivity index (χ3n) is 3.80. The summed E-state index contributed by atoms with van der Waals surface area (Å²) in [5.41, 5.74) is 0. The van der Waals surface area contributed by atoms with E-state index >= 15 is 0 Å². The molecule has 0 aliphatic heterocycles. The van der Waals surface area contributed by atoms with Gasteiger partial charge in [0, 0.05) is 18.2 Å². The molecule has 2 aliphatic rings. The molecule has 0 bridgehead atoms. The SMILES string of the molecule is O=C(O)C1CCC1.O=C(O)C1CCC1.O=CO.Oc1cc(O)cc(O)c1. The summed E-state index contributed by atoms with van der Waals surface area (Å²) in [7, 11) is 0. The first-order chi connectivity index (χ1) is 12.2. The number of rotatable bonds is 2. The molecule has 146 valence electrons. The van der Waals surface area contributed by atoms with Gasteiger partial charge in [-0.3, -0.25) is 14.4 Å². The summed E-state index contributed by atoms with van der Waals surface area (Å²) < 4.78 is 0. The Morgan fingerprint density at radius 3 is 1.08 bits per heavy atom. The average molecular weight is 372 g/mol. The van der Waals surface area contributed by atoms with Gasteiger partial charge in [-0.25, -0.2) is 0 Å². The summed E-state index contributed by atoms with van der Waals surface area (Å²) in [6.45, 7) is -0.250. The smallest absolute Gasteiger partial charge is 0.306 e. The van der Waals surface area contributed by atoms with Gasteiger partial charge in [0.15, 0.2) is 0 Å². The minimum Gasteiger partial charge on any atom is -0.508 e. The molecule has 0 unspecified atom stereocenters. The summed E-state index contributed by atoms with van der Waals surface area (Å²) >= 11 is 0. The van der Waals surface area contributed by atoms with Gasteiger partial charge in [-0.2, -0.15) is 0 Å². The van der Waals surface area contributed by atoms with Gasteiger partial charge in [-0.05, 0) is 25.7 Å². The molecule has 2 aliphatic carbocycles. The van der Waals surface area contributed by atoms with Gasteiger partial charge < -0.3 is 30.6 Å². The molecule has 0 amide bonds. The first-order valence-corrected chi connectivity index (χ1v) is 7.96. The lowest BCUT2D eigenvalue weighted by Gasteiger charge is -2.19. The van der Waals surface area contributed by atoms with E-state index in [4.69, 9.17) is 35.4 Å². The maximum atomic E-state index is 9.98. The molecule has 0 heterocycles. The molecule has 1 aromatic carbocycles. The van der Waals surface area contributed by atoms with Crippen LogP contribution in [0.4, 0.5) is 0 Å². The normalized spacial score (nSPS) is 15.1. The van der Waals surface area contributed by atoms with Crippen molar-refractivity contribution in [2.24, 2.45) is 11.8 Å². The second-order valence-corrected chi connectivity index (χ2v) is 5.75. The molecule has 6 N–H and O–H groups in total. The summed E-state index contributed by atoms with van der Waals surface area (Å²) in [5.74, 6) is -1.68. The number of benzene rings is 1. The van der Waals surface area contributed by atoms with Crippen molar-refractivity contribution in [2.45, 2.75) is 38.5 Å². The average Bonchev–Trinajstić information content (AvgIpc) is 2.33. The Morgan fingerprint density at radius 2 is 1.00 bits per heavy atom. The van der Waals surface area contributed by atoms with Crippen LogP contribution in [0.15, 0.2) is 18.2 Å². The van der Waals surface area contributed by atoms with Crippen LogP contribution in [0.3, 0.4) is 0 Å². The van der Waals surface area contributed by atoms with Crippen LogP contribution in [0.1, 0.15) is 38.5 Å². The highest BCUT2D eigenvalue weighted by molar-refractivity contribution is 5.71. The standard InChI is InChI=1S/C6H6O3.2C5H8O2.CH2O2/c7-4-1-5(8)3-6(9)2-4;2*6-5(7)4-2-1-3-4;2-1-3/h1-3,7-9H;2*4H,1-3H2,(H,6,7);1H,(H,2,3). The van der Waals surface area contributed by atoms with Crippen molar-refractivity contribution in [3.63, 3.8) is 0 Å². The fraction of sp³-hybridized carbons (Fsp3) is 0.471. The van der Waals surface area contributed by atoms with Gasteiger partial charge >= 0.3 is 11.9 Å². The van der Waals surface area contributed by atoms with Gasteiger partial charge in [-0.15, -0.1) is 0 Å². The number of aliphatic carboxylic acids is 2. The minimum absolute atomic E-state index is 0.000000000000000444. The van der Waals surface area contributed by atoms with Crippen molar-refractivity contribution in [1.82, 2.24) is 0 Å². The van der Waals surface area contributed by atoms with Crippen molar-refractivity contribution >= 4 is 18.4 Å². The second-order valence-electron chi connectivity index (χ2n) is 5.75. The topological polar surface area (TPSA) is 173 Å². The molecule has 0 radical (unpaired) electrons. The highest BCUT2D eigenvalue weighted by Gasteiger charge is 2.24. The van der Waals surface area contributed by atoms with E-state index in [1.807, 2.05) is 0 Å². The fourth-order valence-electron chi connectivity index (χ4n) is 1.89. The minimum atomic E-state index is -0.619. The molecule has 2 fully saturated rings. The van der Waals surface area contributed by atoms with E-state index < -0.39 is 11.9 Å². The number of hydrogen-bond donors (Lipinski definition) is 6. The zero-order valence-electron chi connectivity index (χ0n) is 14.1. The van der Waals surface area contributed by atoms with E-state index in [1.54, 1.807) is 0 Å². The Balaban J connectivity index is 0.000000338. The Morgan fingerprint density at radius 1 is 0.769 bits per heavy atom. The molecular weight excluding hydrogens is 348 g/mol. The first-order valence-electron chi connectivity index (χ1n) is 7.96. The lowest BCUT2D eigenvalue weighted by Crippen LogP contribution is -2.20. The Bertz CT molecular complexity index is 503. The van der Waals surface area contributed by atoms with Crippen LogP contribution in [0, 0.1) is 11.8 Å². The van der Waals surface area contributed by atoms with Crippen LogP contribution in [0.25, 0.3) is 0 Å². The molecule has 1 aromatic rings. The van der Waals surface area contributed by atoms with Crippen molar-refractivity contribution in [3.05, 3.63) is 18.2 Å². The Kier molecular flexibility index (Phi) is 11.0. The molecule has 2 saturated carbocycles. The van der Waals surface area contributed by atoms with Crippen molar-refractivity contribution in [3.8, 4) is 17.2 Å². The van der Waals surface area contributed by atoms with Crippen LogP contribution in [-0.2, 0) is 14.4 Å². The van der Waals surface area contributed by atoms with E-state index in [2.05, 4.69) is 0 Å². The van der Waals surface area contributed by atoms with Crippen molar-refractivity contribution in [1.29, 1.82) is 0 Å². The van der Waals surface area contributed by atoms with Crippen LogP contribution >= 0.6 is 0 Å². The maximum absolute atomic E-state index is 9.98. The largest absolute Gasteiger partial charge is 0.508 e. The molecule has 26 heavy (non-hydrogen) atoms. The zero-order valence-corrected chi connectivity index (χ0v) is 14.1. The Labute approximate surface area is 150 Å². The number of phenols is 3. The molecule has 0 saturated heterocycles. The number of carboxylic acid groups (broad SMARTS) is 3. The summed E-state index contributed by atoms with van der Waals surface area (Å²) in [4.78, 5) is 28.3. The Hall–Kier alpha value is -2.97. The number of carboxylic acids is 2. The lowest BCUT2D eigenvalue weighted by molar-refractivity contribution is -0.145. The summed E-state index contributed by atoms with van der Waals surface area (Å²) in [5, 5.41) is 49.4. The van der Waals surface area contributed by atoms with E-state index in [0.717, 1.165) is 56.7 Å². The molecule has 3 rings (SSSR count). The van der Waals surface area contributed by atoms with Gasteiger partial charge in [0.1, 0.15) is 17.2 Å². The van der Waals surface area contributed by atoms with E-state index in [9.17, 15) is 9.59 Å². The van der Waals surface area contributed by atoms with Gasteiger partial charge in [0.2, 0.25) is 0 Å². The van der Waals surface area contributed by atoms with E-state index in [-0.39, 0.29) is 35.6 Å². The number of aromatic hydroxyl groups is 3. The van der Waals surface area contributed by atoms with Crippen LogP contribution in [0.2, 0.25) is 0 Å². The third-order valence-corrected chi connectivity index (χ3v) is 3.80. The molecule has 9 heteroatoms.